The van der Waals surface area contributed by atoms with Gasteiger partial charge in [0.15, 0.2) is 11.6 Å². The summed E-state index contributed by atoms with van der Waals surface area (Å²) in [5.41, 5.74) is 0.962. The predicted octanol–water partition coefficient (Wildman–Crippen LogP) is 1.83. The van der Waals surface area contributed by atoms with Gasteiger partial charge in [-0.2, -0.15) is 5.26 Å². The van der Waals surface area contributed by atoms with Gasteiger partial charge in [0.05, 0.1) is 17.3 Å². The fourth-order valence-corrected chi connectivity index (χ4v) is 2.70. The zero-order valence-corrected chi connectivity index (χ0v) is 13.1. The second kappa shape index (κ2) is 6.16. The Kier molecular flexibility index (Phi) is 4.06. The summed E-state index contributed by atoms with van der Waals surface area (Å²) in [5, 5.41) is 8.97. The summed E-state index contributed by atoms with van der Waals surface area (Å²) >= 11 is 0. The van der Waals surface area contributed by atoms with Crippen LogP contribution in [0, 0.1) is 31.0 Å². The third-order valence-electron chi connectivity index (χ3n) is 3.89. The standard InChI is InChI=1S/C16H17FN6/c1-11-15(17)16(21-12(2)20-11)23-7-5-22(6-8-23)14-9-13(10-18)3-4-19-14/h3-4,9H,5-8H2,1-2H3. The van der Waals surface area contributed by atoms with Crippen LogP contribution in [0.1, 0.15) is 17.1 Å². The van der Waals surface area contributed by atoms with E-state index >= 15 is 0 Å². The van der Waals surface area contributed by atoms with Crippen molar-refractivity contribution < 1.29 is 4.39 Å². The molecule has 1 fully saturated rings. The van der Waals surface area contributed by atoms with E-state index in [2.05, 4.69) is 25.9 Å². The van der Waals surface area contributed by atoms with Gasteiger partial charge >= 0.3 is 0 Å². The number of hydrogen-bond acceptors (Lipinski definition) is 6. The second-order valence-electron chi connectivity index (χ2n) is 5.48. The summed E-state index contributed by atoms with van der Waals surface area (Å²) in [4.78, 5) is 16.6. The number of halogens is 1. The fourth-order valence-electron chi connectivity index (χ4n) is 2.70. The number of rotatable bonds is 2. The Morgan fingerprint density at radius 2 is 1.83 bits per heavy atom. The second-order valence-corrected chi connectivity index (χ2v) is 5.48. The summed E-state index contributed by atoms with van der Waals surface area (Å²) in [6, 6.07) is 5.57. The molecule has 0 amide bonds. The highest BCUT2D eigenvalue weighted by atomic mass is 19.1. The zero-order valence-electron chi connectivity index (χ0n) is 13.1. The Morgan fingerprint density at radius 1 is 1.13 bits per heavy atom. The van der Waals surface area contributed by atoms with Crippen LogP contribution in [0.15, 0.2) is 18.3 Å². The Hall–Kier alpha value is -2.75. The maximum atomic E-state index is 14.3. The molecule has 0 aliphatic carbocycles. The molecule has 0 radical (unpaired) electrons. The molecule has 23 heavy (non-hydrogen) atoms. The summed E-state index contributed by atoms with van der Waals surface area (Å²) < 4.78 is 14.3. The first kappa shape index (κ1) is 15.2. The molecule has 1 aliphatic rings. The molecule has 3 heterocycles. The maximum absolute atomic E-state index is 14.3. The highest BCUT2D eigenvalue weighted by Gasteiger charge is 2.23. The van der Waals surface area contributed by atoms with E-state index in [9.17, 15) is 4.39 Å². The number of nitriles is 1. The first-order chi connectivity index (χ1) is 11.1. The lowest BCUT2D eigenvalue weighted by atomic mass is 10.2. The van der Waals surface area contributed by atoms with Crippen LogP contribution in [-0.4, -0.2) is 41.1 Å². The molecule has 6 nitrogen and oxygen atoms in total. The Balaban J connectivity index is 1.75. The number of anilines is 2. The van der Waals surface area contributed by atoms with Crippen molar-refractivity contribution in [2.45, 2.75) is 13.8 Å². The van der Waals surface area contributed by atoms with E-state index in [1.165, 1.54) is 0 Å². The first-order valence-corrected chi connectivity index (χ1v) is 7.45. The van der Waals surface area contributed by atoms with Crippen LogP contribution >= 0.6 is 0 Å². The molecule has 1 aliphatic heterocycles. The van der Waals surface area contributed by atoms with Crippen LogP contribution in [0.3, 0.4) is 0 Å². The van der Waals surface area contributed by atoms with E-state index in [4.69, 9.17) is 5.26 Å². The Labute approximate surface area is 134 Å². The van der Waals surface area contributed by atoms with E-state index in [-0.39, 0.29) is 5.82 Å². The van der Waals surface area contributed by atoms with Gasteiger partial charge in [0.1, 0.15) is 11.6 Å². The molecule has 1 saturated heterocycles. The lowest BCUT2D eigenvalue weighted by Crippen LogP contribution is -2.47. The molecule has 2 aromatic rings. The molecular weight excluding hydrogens is 295 g/mol. The third kappa shape index (κ3) is 3.06. The fraction of sp³-hybridized carbons (Fsp3) is 0.375. The smallest absolute Gasteiger partial charge is 0.186 e. The first-order valence-electron chi connectivity index (χ1n) is 7.45. The van der Waals surface area contributed by atoms with Gasteiger partial charge in [0.25, 0.3) is 0 Å². The highest BCUT2D eigenvalue weighted by molar-refractivity contribution is 5.48. The quantitative estimate of drug-likeness (QED) is 0.842. The molecular formula is C16H17FN6. The molecule has 118 valence electrons. The van der Waals surface area contributed by atoms with Gasteiger partial charge in [-0.05, 0) is 26.0 Å². The van der Waals surface area contributed by atoms with Crippen molar-refractivity contribution in [2.75, 3.05) is 36.0 Å². The van der Waals surface area contributed by atoms with E-state index < -0.39 is 0 Å². The normalized spacial score (nSPS) is 14.7. The SMILES string of the molecule is Cc1nc(C)c(F)c(N2CCN(c3cc(C#N)ccn3)CC2)n1. The monoisotopic (exact) mass is 312 g/mol. The van der Waals surface area contributed by atoms with Crippen molar-refractivity contribution in [3.8, 4) is 6.07 Å². The van der Waals surface area contributed by atoms with E-state index in [0.717, 1.165) is 5.82 Å². The molecule has 0 aromatic carbocycles. The molecule has 2 aromatic heterocycles. The number of aryl methyl sites for hydroxylation is 2. The molecule has 0 spiro atoms. The summed E-state index contributed by atoms with van der Waals surface area (Å²) in [7, 11) is 0. The minimum absolute atomic E-state index is 0.353. The lowest BCUT2D eigenvalue weighted by molar-refractivity contribution is 0.570. The lowest BCUT2D eigenvalue weighted by Gasteiger charge is -2.36. The Morgan fingerprint density at radius 3 is 2.52 bits per heavy atom. The van der Waals surface area contributed by atoms with E-state index in [1.54, 1.807) is 32.2 Å². The molecule has 7 heteroatoms. The van der Waals surface area contributed by atoms with Crippen LogP contribution in [-0.2, 0) is 0 Å². The Bertz CT molecular complexity index is 762. The minimum Gasteiger partial charge on any atom is -0.353 e. The predicted molar refractivity (Wildman–Crippen MR) is 84.8 cm³/mol. The average molecular weight is 312 g/mol. The maximum Gasteiger partial charge on any atom is 0.186 e. The van der Waals surface area contributed by atoms with Crippen molar-refractivity contribution in [2.24, 2.45) is 0 Å². The zero-order chi connectivity index (χ0) is 16.4. The highest BCUT2D eigenvalue weighted by Crippen LogP contribution is 2.22. The number of nitrogens with zero attached hydrogens (tertiary/aromatic N) is 6. The van der Waals surface area contributed by atoms with E-state index in [0.29, 0.717) is 49.1 Å². The average Bonchev–Trinajstić information content (AvgIpc) is 2.58. The molecule has 0 atom stereocenters. The molecule has 3 rings (SSSR count). The van der Waals surface area contributed by atoms with Crippen LogP contribution < -0.4 is 9.80 Å². The molecule has 0 saturated carbocycles. The van der Waals surface area contributed by atoms with Gasteiger partial charge in [-0.3, -0.25) is 0 Å². The van der Waals surface area contributed by atoms with Crippen molar-refractivity contribution in [1.82, 2.24) is 15.0 Å². The minimum atomic E-state index is -0.353. The van der Waals surface area contributed by atoms with Gasteiger partial charge in [0, 0.05) is 32.4 Å². The number of hydrogen-bond donors (Lipinski definition) is 0. The number of piperazine rings is 1. The molecule has 0 bridgehead atoms. The summed E-state index contributed by atoms with van der Waals surface area (Å²) in [6.07, 6.45) is 1.64. The van der Waals surface area contributed by atoms with Gasteiger partial charge in [-0.25, -0.2) is 19.3 Å². The van der Waals surface area contributed by atoms with Gasteiger partial charge in [0.2, 0.25) is 0 Å². The van der Waals surface area contributed by atoms with Crippen molar-refractivity contribution in [1.29, 1.82) is 5.26 Å². The summed E-state index contributed by atoms with van der Waals surface area (Å²) in [6.45, 7) is 6.11. The van der Waals surface area contributed by atoms with Crippen molar-refractivity contribution in [3.05, 3.63) is 41.2 Å². The van der Waals surface area contributed by atoms with Gasteiger partial charge < -0.3 is 9.80 Å². The molecule has 0 unspecified atom stereocenters. The van der Waals surface area contributed by atoms with E-state index in [1.807, 2.05) is 4.90 Å². The van der Waals surface area contributed by atoms with Crippen LogP contribution in [0.25, 0.3) is 0 Å². The van der Waals surface area contributed by atoms with Gasteiger partial charge in [-0.15, -0.1) is 0 Å². The largest absolute Gasteiger partial charge is 0.353 e. The van der Waals surface area contributed by atoms with Crippen LogP contribution in [0.5, 0.6) is 0 Å². The topological polar surface area (TPSA) is 68.9 Å². The van der Waals surface area contributed by atoms with Crippen LogP contribution in [0.4, 0.5) is 16.0 Å². The molecule has 0 N–H and O–H groups in total. The third-order valence-corrected chi connectivity index (χ3v) is 3.89. The number of aromatic nitrogens is 3. The summed E-state index contributed by atoms with van der Waals surface area (Å²) in [5.74, 6) is 1.37. The van der Waals surface area contributed by atoms with Crippen LogP contribution in [0.2, 0.25) is 0 Å². The van der Waals surface area contributed by atoms with Crippen molar-refractivity contribution >= 4 is 11.6 Å². The van der Waals surface area contributed by atoms with Crippen molar-refractivity contribution in [3.63, 3.8) is 0 Å². The van der Waals surface area contributed by atoms with Gasteiger partial charge in [-0.1, -0.05) is 0 Å². The number of pyridine rings is 1.